The molecule has 0 saturated carbocycles. The van der Waals surface area contributed by atoms with Crippen molar-refractivity contribution < 1.29 is 14.3 Å². The van der Waals surface area contributed by atoms with Gasteiger partial charge in [0.25, 0.3) is 0 Å². The maximum atomic E-state index is 12.1. The van der Waals surface area contributed by atoms with Gasteiger partial charge in [-0.2, -0.15) is 5.26 Å². The average molecular weight is 343 g/mol. The molecular weight excluding hydrogens is 328 g/mol. The Bertz CT molecular complexity index is 797. The van der Waals surface area contributed by atoms with Gasteiger partial charge >= 0.3 is 0 Å². The zero-order valence-corrected chi connectivity index (χ0v) is 13.6. The molecule has 24 heavy (non-hydrogen) atoms. The summed E-state index contributed by atoms with van der Waals surface area (Å²) in [5.74, 6) is 0.986. The van der Waals surface area contributed by atoms with Crippen molar-refractivity contribution in [1.82, 2.24) is 5.32 Å². The molecule has 2 aromatic carbocycles. The number of carbonyl (C=O) groups is 1. The Morgan fingerprint density at radius 2 is 1.92 bits per heavy atom. The van der Waals surface area contributed by atoms with Gasteiger partial charge in [-0.1, -0.05) is 23.7 Å². The Hall–Kier alpha value is -2.71. The van der Waals surface area contributed by atoms with E-state index in [2.05, 4.69) is 11.4 Å². The molecule has 5 nitrogen and oxygen atoms in total. The Labute approximate surface area is 144 Å². The van der Waals surface area contributed by atoms with Crippen LogP contribution in [0.2, 0.25) is 5.02 Å². The summed E-state index contributed by atoms with van der Waals surface area (Å²) in [7, 11) is 0. The Morgan fingerprint density at radius 3 is 2.67 bits per heavy atom. The third-order valence-electron chi connectivity index (χ3n) is 3.59. The fourth-order valence-electron chi connectivity index (χ4n) is 2.41. The quantitative estimate of drug-likeness (QED) is 0.927. The van der Waals surface area contributed by atoms with Crippen LogP contribution in [-0.2, 0) is 17.8 Å². The van der Waals surface area contributed by atoms with Gasteiger partial charge in [0.15, 0.2) is 11.5 Å². The van der Waals surface area contributed by atoms with E-state index in [0.29, 0.717) is 41.8 Å². The average Bonchev–Trinajstić information content (AvgIpc) is 2.60. The number of halogens is 1. The molecule has 6 heteroatoms. The predicted octanol–water partition coefficient (Wildman–Crippen LogP) is 2.84. The van der Waals surface area contributed by atoms with Gasteiger partial charge < -0.3 is 14.8 Å². The van der Waals surface area contributed by atoms with Crippen LogP contribution in [0.4, 0.5) is 0 Å². The third kappa shape index (κ3) is 3.79. The standard InChI is InChI=1S/C18H15ClN2O3/c19-15-7-14(8-16-18(15)24-6-5-23-16)9-17(22)21-11-13-3-1-12(10-20)2-4-13/h1-4,7-8H,5-6,9,11H2,(H,21,22). The second-order valence-electron chi connectivity index (χ2n) is 5.36. The number of nitrogens with zero attached hydrogens (tertiary/aromatic N) is 1. The lowest BCUT2D eigenvalue weighted by atomic mass is 10.1. The fraction of sp³-hybridized carbons (Fsp3) is 0.222. The van der Waals surface area contributed by atoms with Crippen molar-refractivity contribution in [3.63, 3.8) is 0 Å². The number of nitrogens with one attached hydrogen (secondary N) is 1. The maximum absolute atomic E-state index is 12.1. The smallest absolute Gasteiger partial charge is 0.224 e. The molecule has 1 aliphatic rings. The molecule has 0 saturated heterocycles. The first kappa shape index (κ1) is 16.2. The maximum Gasteiger partial charge on any atom is 0.224 e. The number of rotatable bonds is 4. The monoisotopic (exact) mass is 342 g/mol. The minimum Gasteiger partial charge on any atom is -0.486 e. The van der Waals surface area contributed by atoms with Crippen LogP contribution in [0.3, 0.4) is 0 Å². The second kappa shape index (κ2) is 7.24. The van der Waals surface area contributed by atoms with Gasteiger partial charge in [0, 0.05) is 6.54 Å². The number of hydrogen-bond acceptors (Lipinski definition) is 4. The lowest BCUT2D eigenvalue weighted by Crippen LogP contribution is -2.24. The van der Waals surface area contributed by atoms with Crippen LogP contribution in [0.25, 0.3) is 0 Å². The Kier molecular flexibility index (Phi) is 4.88. The van der Waals surface area contributed by atoms with E-state index >= 15 is 0 Å². The largest absolute Gasteiger partial charge is 0.486 e. The molecule has 122 valence electrons. The number of nitriles is 1. The number of amides is 1. The summed E-state index contributed by atoms with van der Waals surface area (Å²) in [6.07, 6.45) is 0.201. The molecule has 3 rings (SSSR count). The molecule has 1 heterocycles. The molecule has 0 fully saturated rings. The highest BCUT2D eigenvalue weighted by atomic mass is 35.5. The van der Waals surface area contributed by atoms with Crippen LogP contribution in [0.5, 0.6) is 11.5 Å². The number of ether oxygens (including phenoxy) is 2. The molecular formula is C18H15ClN2O3. The summed E-state index contributed by atoms with van der Waals surface area (Å²) in [5, 5.41) is 12.1. The summed E-state index contributed by atoms with van der Waals surface area (Å²) in [6.45, 7) is 1.34. The van der Waals surface area contributed by atoms with E-state index in [4.69, 9.17) is 26.3 Å². The van der Waals surface area contributed by atoms with E-state index in [1.807, 2.05) is 12.1 Å². The first-order valence-electron chi connectivity index (χ1n) is 7.49. The van der Waals surface area contributed by atoms with Gasteiger partial charge in [-0.3, -0.25) is 4.79 Å². The van der Waals surface area contributed by atoms with Gasteiger partial charge in [0.2, 0.25) is 5.91 Å². The summed E-state index contributed by atoms with van der Waals surface area (Å²) < 4.78 is 11.0. The Balaban J connectivity index is 1.60. The highest BCUT2D eigenvalue weighted by Crippen LogP contribution is 2.38. The fourth-order valence-corrected chi connectivity index (χ4v) is 2.70. The van der Waals surface area contributed by atoms with Crippen molar-refractivity contribution in [2.75, 3.05) is 13.2 Å². The van der Waals surface area contributed by atoms with Crippen molar-refractivity contribution in [2.45, 2.75) is 13.0 Å². The number of benzene rings is 2. The summed E-state index contributed by atoms with van der Waals surface area (Å²) in [4.78, 5) is 12.1. The SMILES string of the molecule is N#Cc1ccc(CNC(=O)Cc2cc(Cl)c3c(c2)OCCO3)cc1. The number of fused-ring (bicyclic) bond motifs is 1. The molecule has 0 radical (unpaired) electrons. The first-order valence-corrected chi connectivity index (χ1v) is 7.87. The topological polar surface area (TPSA) is 71.4 Å². The van der Waals surface area contributed by atoms with Crippen LogP contribution >= 0.6 is 11.6 Å². The van der Waals surface area contributed by atoms with E-state index in [1.165, 1.54) is 0 Å². The zero-order chi connectivity index (χ0) is 16.9. The van der Waals surface area contributed by atoms with Crippen LogP contribution in [0.15, 0.2) is 36.4 Å². The van der Waals surface area contributed by atoms with E-state index in [1.54, 1.807) is 24.3 Å². The Morgan fingerprint density at radius 1 is 1.17 bits per heavy atom. The van der Waals surface area contributed by atoms with E-state index in [0.717, 1.165) is 11.1 Å². The van der Waals surface area contributed by atoms with Crippen LogP contribution < -0.4 is 14.8 Å². The van der Waals surface area contributed by atoms with Gasteiger partial charge in [0.05, 0.1) is 23.1 Å². The van der Waals surface area contributed by atoms with Crippen LogP contribution in [-0.4, -0.2) is 19.1 Å². The summed E-state index contributed by atoms with van der Waals surface area (Å²) in [6, 6.07) is 12.6. The van der Waals surface area contributed by atoms with Gasteiger partial charge in [0.1, 0.15) is 13.2 Å². The predicted molar refractivity (Wildman–Crippen MR) is 89.1 cm³/mol. The normalized spacial score (nSPS) is 12.3. The third-order valence-corrected chi connectivity index (χ3v) is 3.87. The van der Waals surface area contributed by atoms with E-state index in [9.17, 15) is 4.79 Å². The van der Waals surface area contributed by atoms with Crippen molar-refractivity contribution in [1.29, 1.82) is 5.26 Å². The molecule has 0 atom stereocenters. The minimum atomic E-state index is -0.118. The van der Waals surface area contributed by atoms with Gasteiger partial charge in [-0.05, 0) is 35.4 Å². The second-order valence-corrected chi connectivity index (χ2v) is 5.77. The van der Waals surface area contributed by atoms with Crippen molar-refractivity contribution >= 4 is 17.5 Å². The molecule has 1 aliphatic heterocycles. The molecule has 0 unspecified atom stereocenters. The molecule has 0 bridgehead atoms. The van der Waals surface area contributed by atoms with E-state index < -0.39 is 0 Å². The van der Waals surface area contributed by atoms with Crippen molar-refractivity contribution in [3.8, 4) is 17.6 Å². The van der Waals surface area contributed by atoms with E-state index in [-0.39, 0.29) is 12.3 Å². The minimum absolute atomic E-state index is 0.118. The zero-order valence-electron chi connectivity index (χ0n) is 12.8. The molecule has 0 spiro atoms. The lowest BCUT2D eigenvalue weighted by Gasteiger charge is -2.20. The molecule has 1 amide bonds. The summed E-state index contributed by atoms with van der Waals surface area (Å²) in [5.41, 5.74) is 2.29. The van der Waals surface area contributed by atoms with Gasteiger partial charge in [-0.25, -0.2) is 0 Å². The first-order chi connectivity index (χ1) is 11.7. The van der Waals surface area contributed by atoms with Crippen LogP contribution in [0.1, 0.15) is 16.7 Å². The highest BCUT2D eigenvalue weighted by Gasteiger charge is 2.17. The van der Waals surface area contributed by atoms with Crippen molar-refractivity contribution in [3.05, 3.63) is 58.1 Å². The summed E-state index contributed by atoms with van der Waals surface area (Å²) >= 11 is 6.17. The van der Waals surface area contributed by atoms with Crippen molar-refractivity contribution in [2.24, 2.45) is 0 Å². The lowest BCUT2D eigenvalue weighted by molar-refractivity contribution is -0.120. The molecule has 2 aromatic rings. The molecule has 0 aromatic heterocycles. The number of carbonyl (C=O) groups excluding carboxylic acids is 1. The highest BCUT2D eigenvalue weighted by molar-refractivity contribution is 6.32. The molecule has 0 aliphatic carbocycles. The van der Waals surface area contributed by atoms with Crippen LogP contribution in [0, 0.1) is 11.3 Å². The number of hydrogen-bond donors (Lipinski definition) is 1. The molecule has 1 N–H and O–H groups in total. The van der Waals surface area contributed by atoms with Gasteiger partial charge in [-0.15, -0.1) is 0 Å².